The highest BCUT2D eigenvalue weighted by atomic mass is 79.9. The topological polar surface area (TPSA) is 54.4 Å². The molecule has 0 saturated heterocycles. The van der Waals surface area contributed by atoms with Crippen LogP contribution in [0.1, 0.15) is 46.0 Å². The second-order valence-electron chi connectivity index (χ2n) is 3.93. The van der Waals surface area contributed by atoms with Gasteiger partial charge in [0.2, 0.25) is 0 Å². The molecule has 0 aliphatic heterocycles. The summed E-state index contributed by atoms with van der Waals surface area (Å²) in [5, 5.41) is 8.94. The van der Waals surface area contributed by atoms with Crippen LogP contribution in [0, 0.1) is 0 Å². The van der Waals surface area contributed by atoms with Crippen molar-refractivity contribution in [3.8, 4) is 0 Å². The molecule has 0 spiro atoms. The van der Waals surface area contributed by atoms with Crippen molar-refractivity contribution < 1.29 is 14.7 Å². The molecule has 0 aromatic rings. The molecular formula is C11H18Br2O3. The zero-order valence-corrected chi connectivity index (χ0v) is 12.8. The Bertz CT molecular complexity index is 256. The van der Waals surface area contributed by atoms with E-state index in [0.29, 0.717) is 6.42 Å². The van der Waals surface area contributed by atoms with E-state index >= 15 is 0 Å². The van der Waals surface area contributed by atoms with Crippen LogP contribution < -0.4 is 0 Å². The molecule has 0 fully saturated rings. The molecule has 5 heteroatoms. The molecule has 0 unspecified atom stereocenters. The predicted octanol–water partition coefficient (Wildman–Crippen LogP) is 3.53. The van der Waals surface area contributed by atoms with E-state index in [2.05, 4.69) is 38.8 Å². The Morgan fingerprint density at radius 1 is 1.31 bits per heavy atom. The Hall–Kier alpha value is 0.1000. The molecule has 3 nitrogen and oxygen atoms in total. The van der Waals surface area contributed by atoms with E-state index in [-0.39, 0.29) is 5.78 Å². The fourth-order valence-corrected chi connectivity index (χ4v) is 2.51. The number of halogens is 2. The van der Waals surface area contributed by atoms with Gasteiger partial charge in [-0.1, -0.05) is 64.5 Å². The molecule has 0 rings (SSSR count). The molecule has 1 N–H and O–H groups in total. The molecule has 0 saturated carbocycles. The number of carboxylic acid groups (broad SMARTS) is 1. The van der Waals surface area contributed by atoms with Crippen LogP contribution >= 0.6 is 31.9 Å². The van der Waals surface area contributed by atoms with Crippen LogP contribution in [0.4, 0.5) is 0 Å². The van der Waals surface area contributed by atoms with Gasteiger partial charge < -0.3 is 5.11 Å². The number of rotatable bonds is 8. The third kappa shape index (κ3) is 4.53. The van der Waals surface area contributed by atoms with Gasteiger partial charge in [0.1, 0.15) is 14.9 Å². The average Bonchev–Trinajstić information content (AvgIpc) is 2.22. The van der Waals surface area contributed by atoms with Gasteiger partial charge in [-0.2, -0.15) is 0 Å². The summed E-state index contributed by atoms with van der Waals surface area (Å²) in [5.41, 5.74) is 0. The molecular weight excluding hydrogens is 340 g/mol. The lowest BCUT2D eigenvalue weighted by Gasteiger charge is -2.27. The third-order valence-electron chi connectivity index (χ3n) is 2.60. The fourth-order valence-electron chi connectivity index (χ4n) is 1.49. The number of hydrogen-bond acceptors (Lipinski definition) is 2. The molecule has 0 heterocycles. The fraction of sp³-hybridized carbons (Fsp3) is 0.818. The number of aliphatic carboxylic acids is 1. The van der Waals surface area contributed by atoms with E-state index in [9.17, 15) is 9.59 Å². The highest BCUT2D eigenvalue weighted by molar-refractivity contribution is 9.13. The summed E-state index contributed by atoms with van der Waals surface area (Å²) >= 11 is 6.36. The first-order chi connectivity index (χ1) is 7.36. The van der Waals surface area contributed by atoms with Gasteiger partial charge in [-0.05, 0) is 13.3 Å². The van der Waals surface area contributed by atoms with Gasteiger partial charge in [-0.15, -0.1) is 0 Å². The van der Waals surface area contributed by atoms with E-state index in [1.54, 1.807) is 0 Å². The maximum Gasteiger partial charge on any atom is 0.319 e. The lowest BCUT2D eigenvalue weighted by atomic mass is 9.93. The number of carbonyl (C=O) groups excluding carboxylic acids is 1. The molecule has 2 atom stereocenters. The van der Waals surface area contributed by atoms with Crippen molar-refractivity contribution in [1.29, 1.82) is 0 Å². The zero-order valence-electron chi connectivity index (χ0n) is 9.63. The summed E-state index contributed by atoms with van der Waals surface area (Å²) in [4.78, 5) is 21.6. The minimum atomic E-state index is -1.01. The number of hydrogen-bond donors (Lipinski definition) is 1. The van der Waals surface area contributed by atoms with Crippen molar-refractivity contribution in [3.63, 3.8) is 0 Å². The van der Waals surface area contributed by atoms with E-state index < -0.39 is 15.1 Å². The quantitative estimate of drug-likeness (QED) is 0.534. The summed E-state index contributed by atoms with van der Waals surface area (Å²) in [6.07, 6.45) is 4.65. The summed E-state index contributed by atoms with van der Waals surface area (Å²) in [6, 6.07) is 0. The minimum absolute atomic E-state index is 0.145. The van der Waals surface area contributed by atoms with Crippen LogP contribution in [0.25, 0.3) is 0 Å². The van der Waals surface area contributed by atoms with Crippen LogP contribution in [-0.4, -0.2) is 26.0 Å². The smallest absolute Gasteiger partial charge is 0.319 e. The number of carbonyl (C=O) groups is 2. The van der Waals surface area contributed by atoms with Gasteiger partial charge >= 0.3 is 5.97 Å². The number of ketones is 1. The summed E-state index contributed by atoms with van der Waals surface area (Å²) in [7, 11) is 0. The van der Waals surface area contributed by atoms with Crippen molar-refractivity contribution in [2.45, 2.75) is 55.1 Å². The maximum atomic E-state index is 11.5. The van der Waals surface area contributed by atoms with Crippen LogP contribution in [0.15, 0.2) is 0 Å². The first-order valence-corrected chi connectivity index (χ1v) is 7.14. The molecule has 16 heavy (non-hydrogen) atoms. The average molecular weight is 358 g/mol. The standard InChI is InChI=1S/C11H18Br2O3/c1-3-4-5-6-7-11(13,8(2)14)9(12)10(15)16/h9H,3-7H2,1-2H3,(H,15,16)/t9-,11+/m0/s1. The number of unbranched alkanes of at least 4 members (excludes halogenated alkanes) is 3. The predicted molar refractivity (Wildman–Crippen MR) is 71.4 cm³/mol. The number of Topliss-reactive ketones (excluding diaryl/α,β-unsaturated/α-hetero) is 1. The van der Waals surface area contributed by atoms with Crippen molar-refractivity contribution >= 4 is 43.6 Å². The molecule has 0 bridgehead atoms. The Kier molecular flexibility index (Phi) is 7.48. The molecule has 0 aliphatic rings. The first-order valence-electron chi connectivity index (χ1n) is 5.43. The van der Waals surface area contributed by atoms with Crippen LogP contribution in [-0.2, 0) is 9.59 Å². The molecule has 0 amide bonds. The van der Waals surface area contributed by atoms with Crippen molar-refractivity contribution in [1.82, 2.24) is 0 Å². The Labute approximate surface area is 113 Å². The second-order valence-corrected chi connectivity index (χ2v) is 6.26. The van der Waals surface area contributed by atoms with Gasteiger partial charge in [0, 0.05) is 0 Å². The lowest BCUT2D eigenvalue weighted by molar-refractivity contribution is -0.138. The van der Waals surface area contributed by atoms with Crippen molar-refractivity contribution in [2.24, 2.45) is 0 Å². The monoisotopic (exact) mass is 356 g/mol. The number of carboxylic acids is 1. The van der Waals surface area contributed by atoms with E-state index in [1.165, 1.54) is 6.92 Å². The molecule has 0 radical (unpaired) electrons. The Morgan fingerprint density at radius 2 is 1.88 bits per heavy atom. The number of alkyl halides is 2. The first kappa shape index (κ1) is 16.1. The second kappa shape index (κ2) is 7.43. The zero-order chi connectivity index (χ0) is 12.8. The van der Waals surface area contributed by atoms with Gasteiger partial charge in [0.25, 0.3) is 0 Å². The van der Waals surface area contributed by atoms with Gasteiger partial charge in [-0.25, -0.2) is 0 Å². The molecule has 94 valence electrons. The summed E-state index contributed by atoms with van der Waals surface area (Å²) in [5.74, 6) is -1.16. The highest BCUT2D eigenvalue weighted by Crippen LogP contribution is 2.35. The maximum absolute atomic E-state index is 11.5. The third-order valence-corrected chi connectivity index (χ3v) is 5.80. The molecule has 0 aromatic carbocycles. The van der Waals surface area contributed by atoms with Gasteiger partial charge in [-0.3, -0.25) is 9.59 Å². The molecule has 0 aliphatic carbocycles. The van der Waals surface area contributed by atoms with Crippen molar-refractivity contribution in [3.05, 3.63) is 0 Å². The van der Waals surface area contributed by atoms with E-state index in [4.69, 9.17) is 5.11 Å². The lowest BCUT2D eigenvalue weighted by Crippen LogP contribution is -2.43. The van der Waals surface area contributed by atoms with E-state index in [0.717, 1.165) is 25.7 Å². The van der Waals surface area contributed by atoms with Crippen molar-refractivity contribution in [2.75, 3.05) is 0 Å². The highest BCUT2D eigenvalue weighted by Gasteiger charge is 2.43. The van der Waals surface area contributed by atoms with Crippen LogP contribution in [0.3, 0.4) is 0 Å². The van der Waals surface area contributed by atoms with Gasteiger partial charge in [0.05, 0.1) is 0 Å². The van der Waals surface area contributed by atoms with Crippen LogP contribution in [0.5, 0.6) is 0 Å². The Morgan fingerprint density at radius 3 is 2.25 bits per heavy atom. The van der Waals surface area contributed by atoms with Gasteiger partial charge in [0.15, 0.2) is 0 Å². The minimum Gasteiger partial charge on any atom is -0.480 e. The normalized spacial score (nSPS) is 16.5. The molecule has 0 aromatic heterocycles. The van der Waals surface area contributed by atoms with Crippen LogP contribution in [0.2, 0.25) is 0 Å². The summed E-state index contributed by atoms with van der Waals surface area (Å²) < 4.78 is -0.980. The summed E-state index contributed by atoms with van der Waals surface area (Å²) in [6.45, 7) is 3.53. The Balaban J connectivity index is 4.46. The SMILES string of the molecule is CCCCCC[C@@](Br)(C(C)=O)[C@@H](Br)C(=O)O. The largest absolute Gasteiger partial charge is 0.480 e. The van der Waals surface area contributed by atoms with E-state index in [1.807, 2.05) is 0 Å².